The molecule has 2 aromatic heterocycles. The van der Waals surface area contributed by atoms with Crippen LogP contribution >= 0.6 is 0 Å². The van der Waals surface area contributed by atoms with Crippen molar-refractivity contribution in [1.29, 1.82) is 0 Å². The highest BCUT2D eigenvalue weighted by Crippen LogP contribution is 2.37. The topological polar surface area (TPSA) is 51.8 Å². The summed E-state index contributed by atoms with van der Waals surface area (Å²) < 4.78 is 6.14. The third kappa shape index (κ3) is 4.35. The van der Waals surface area contributed by atoms with Crippen LogP contribution in [0.4, 0.5) is 0 Å². The van der Waals surface area contributed by atoms with Crippen LogP contribution in [0.25, 0.3) is 88.8 Å². The first-order chi connectivity index (χ1) is 22.3. The summed E-state index contributed by atoms with van der Waals surface area (Å²) in [6, 6.07) is 52.3. The van der Waals surface area contributed by atoms with Gasteiger partial charge in [-0.25, -0.2) is 15.0 Å². The largest absolute Gasteiger partial charge is 0.456 e. The Bertz CT molecular complexity index is 2530. The van der Waals surface area contributed by atoms with E-state index in [-0.39, 0.29) is 0 Å². The fourth-order valence-electron chi connectivity index (χ4n) is 6.32. The maximum Gasteiger partial charge on any atom is 0.164 e. The lowest BCUT2D eigenvalue weighted by Gasteiger charge is -2.10. The number of nitrogens with zero attached hydrogens (tertiary/aromatic N) is 3. The van der Waals surface area contributed by atoms with Crippen LogP contribution < -0.4 is 0 Å². The van der Waals surface area contributed by atoms with Gasteiger partial charge in [0.15, 0.2) is 17.5 Å². The molecule has 2 heterocycles. The maximum absolute atomic E-state index is 6.14. The van der Waals surface area contributed by atoms with E-state index in [9.17, 15) is 0 Å². The third-order valence-electron chi connectivity index (χ3n) is 8.53. The molecule has 0 spiro atoms. The van der Waals surface area contributed by atoms with Gasteiger partial charge in [0.1, 0.15) is 11.2 Å². The highest BCUT2D eigenvalue weighted by Gasteiger charge is 2.15. The average Bonchev–Trinajstić information content (AvgIpc) is 3.51. The van der Waals surface area contributed by atoms with Crippen molar-refractivity contribution in [2.45, 2.75) is 0 Å². The molecule has 0 aliphatic carbocycles. The first kappa shape index (κ1) is 25.4. The predicted octanol–water partition coefficient (Wildman–Crippen LogP) is 10.7. The Morgan fingerprint density at radius 3 is 1.76 bits per heavy atom. The summed E-state index contributed by atoms with van der Waals surface area (Å²) in [4.78, 5) is 14.9. The van der Waals surface area contributed by atoms with Gasteiger partial charge in [0.25, 0.3) is 0 Å². The van der Waals surface area contributed by atoms with Gasteiger partial charge >= 0.3 is 0 Å². The molecule has 4 nitrogen and oxygen atoms in total. The smallest absolute Gasteiger partial charge is 0.164 e. The number of para-hydroxylation sites is 1. The molecule has 210 valence electrons. The lowest BCUT2D eigenvalue weighted by Crippen LogP contribution is -2.00. The Morgan fingerprint density at radius 1 is 0.356 bits per heavy atom. The van der Waals surface area contributed by atoms with Crippen molar-refractivity contribution < 1.29 is 4.42 Å². The number of fused-ring (bicyclic) bond motifs is 6. The van der Waals surface area contributed by atoms with Crippen molar-refractivity contribution >= 4 is 43.5 Å². The SMILES string of the molecule is c1ccc(-c2nc(-c3ccc(-c4cccc5oc6ccccc6c45)cc3)nc(-c3ccc4c(ccc5ccccc54)c3)n2)cc1. The second kappa shape index (κ2) is 10.2. The number of aromatic nitrogens is 3. The van der Waals surface area contributed by atoms with Crippen molar-refractivity contribution in [3.05, 3.63) is 152 Å². The molecule has 0 saturated heterocycles. The summed E-state index contributed by atoms with van der Waals surface area (Å²) in [5.41, 5.74) is 6.85. The molecule has 45 heavy (non-hydrogen) atoms. The zero-order valence-corrected chi connectivity index (χ0v) is 24.2. The fraction of sp³-hybridized carbons (Fsp3) is 0. The first-order valence-corrected chi connectivity index (χ1v) is 15.0. The Hall–Kier alpha value is -6.13. The normalized spacial score (nSPS) is 11.6. The van der Waals surface area contributed by atoms with E-state index in [0.717, 1.165) is 55.1 Å². The summed E-state index contributed by atoms with van der Waals surface area (Å²) in [7, 11) is 0. The first-order valence-electron chi connectivity index (χ1n) is 15.0. The summed E-state index contributed by atoms with van der Waals surface area (Å²) in [5.74, 6) is 1.93. The van der Waals surface area contributed by atoms with Crippen molar-refractivity contribution in [1.82, 2.24) is 15.0 Å². The summed E-state index contributed by atoms with van der Waals surface area (Å²) >= 11 is 0. The van der Waals surface area contributed by atoms with Gasteiger partial charge in [-0.2, -0.15) is 0 Å². The van der Waals surface area contributed by atoms with Crippen molar-refractivity contribution in [2.75, 3.05) is 0 Å². The predicted molar refractivity (Wildman–Crippen MR) is 184 cm³/mol. The summed E-state index contributed by atoms with van der Waals surface area (Å²) in [6.07, 6.45) is 0. The zero-order valence-electron chi connectivity index (χ0n) is 24.2. The minimum absolute atomic E-state index is 0.635. The number of hydrogen-bond donors (Lipinski definition) is 0. The number of rotatable bonds is 4. The lowest BCUT2D eigenvalue weighted by atomic mass is 9.98. The number of furan rings is 1. The molecule has 9 aromatic rings. The van der Waals surface area contributed by atoms with E-state index in [1.54, 1.807) is 0 Å². The van der Waals surface area contributed by atoms with Crippen LogP contribution in [0.2, 0.25) is 0 Å². The third-order valence-corrected chi connectivity index (χ3v) is 8.53. The van der Waals surface area contributed by atoms with Crippen LogP contribution in [-0.4, -0.2) is 15.0 Å². The van der Waals surface area contributed by atoms with Crippen molar-refractivity contribution in [3.8, 4) is 45.3 Å². The summed E-state index contributed by atoms with van der Waals surface area (Å²) in [5, 5.41) is 7.07. The van der Waals surface area contributed by atoms with Gasteiger partial charge in [-0.15, -0.1) is 0 Å². The van der Waals surface area contributed by atoms with Crippen LogP contribution in [0.1, 0.15) is 0 Å². The molecule has 7 aromatic carbocycles. The van der Waals surface area contributed by atoms with E-state index in [1.807, 2.05) is 54.6 Å². The standard InChI is InChI=1S/C41H25N3O/c1-2-10-28(11-3-1)39-42-40(44-41(43-39)31-23-24-33-30(25-31)22-19-26-9-4-5-12-32(26)33)29-20-17-27(18-21-29)34-14-8-16-37-38(34)35-13-6-7-15-36(35)45-37/h1-25H. The summed E-state index contributed by atoms with van der Waals surface area (Å²) in [6.45, 7) is 0. The molecule has 0 fully saturated rings. The van der Waals surface area contributed by atoms with Crippen molar-refractivity contribution in [3.63, 3.8) is 0 Å². The molecule has 4 heteroatoms. The Kier molecular flexibility index (Phi) is 5.78. The highest BCUT2D eigenvalue weighted by atomic mass is 16.3. The minimum atomic E-state index is 0.635. The fourth-order valence-corrected chi connectivity index (χ4v) is 6.32. The number of benzene rings is 7. The molecule has 0 radical (unpaired) electrons. The Labute approximate surface area is 259 Å². The highest BCUT2D eigenvalue weighted by molar-refractivity contribution is 6.12. The second-order valence-electron chi connectivity index (χ2n) is 11.2. The molecule has 0 aliphatic heterocycles. The second-order valence-corrected chi connectivity index (χ2v) is 11.2. The minimum Gasteiger partial charge on any atom is -0.456 e. The van der Waals surface area contributed by atoms with Crippen LogP contribution in [0.15, 0.2) is 156 Å². The van der Waals surface area contributed by atoms with Gasteiger partial charge in [0.05, 0.1) is 0 Å². The van der Waals surface area contributed by atoms with Crippen LogP contribution in [0, 0.1) is 0 Å². The molecule has 9 rings (SSSR count). The van der Waals surface area contributed by atoms with Crippen LogP contribution in [-0.2, 0) is 0 Å². The van der Waals surface area contributed by atoms with E-state index in [0.29, 0.717) is 17.5 Å². The number of hydrogen-bond acceptors (Lipinski definition) is 4. The van der Waals surface area contributed by atoms with E-state index < -0.39 is 0 Å². The Balaban J connectivity index is 1.17. The molecule has 0 aliphatic rings. The van der Waals surface area contributed by atoms with E-state index >= 15 is 0 Å². The molecular formula is C41H25N3O. The molecule has 0 N–H and O–H groups in total. The zero-order chi connectivity index (χ0) is 29.7. The van der Waals surface area contributed by atoms with Crippen LogP contribution in [0.3, 0.4) is 0 Å². The van der Waals surface area contributed by atoms with E-state index in [2.05, 4.69) is 97.1 Å². The molecular weight excluding hydrogens is 550 g/mol. The van der Waals surface area contributed by atoms with Gasteiger partial charge in [-0.05, 0) is 50.9 Å². The van der Waals surface area contributed by atoms with Crippen molar-refractivity contribution in [2.24, 2.45) is 0 Å². The maximum atomic E-state index is 6.14. The molecule has 0 amide bonds. The monoisotopic (exact) mass is 575 g/mol. The van der Waals surface area contributed by atoms with E-state index in [1.165, 1.54) is 16.2 Å². The quantitative estimate of drug-likeness (QED) is 0.196. The lowest BCUT2D eigenvalue weighted by molar-refractivity contribution is 0.669. The van der Waals surface area contributed by atoms with E-state index in [4.69, 9.17) is 19.4 Å². The van der Waals surface area contributed by atoms with Gasteiger partial charge in [-0.3, -0.25) is 0 Å². The Morgan fingerprint density at radius 2 is 0.933 bits per heavy atom. The molecule has 0 saturated carbocycles. The van der Waals surface area contributed by atoms with Gasteiger partial charge < -0.3 is 4.42 Å². The van der Waals surface area contributed by atoms with Gasteiger partial charge in [0, 0.05) is 27.5 Å². The average molecular weight is 576 g/mol. The van der Waals surface area contributed by atoms with Crippen LogP contribution in [0.5, 0.6) is 0 Å². The van der Waals surface area contributed by atoms with Gasteiger partial charge in [0.2, 0.25) is 0 Å². The molecule has 0 bridgehead atoms. The molecule has 0 unspecified atom stereocenters. The van der Waals surface area contributed by atoms with Gasteiger partial charge in [-0.1, -0.05) is 133 Å². The molecule has 0 atom stereocenters.